The average molecular weight is 637 g/mol. The van der Waals surface area contributed by atoms with Gasteiger partial charge in [0.2, 0.25) is 15.8 Å². The number of carbonyl (C=O) groups excluding carboxylic acids is 1. The maximum absolute atomic E-state index is 14.7. The number of fused-ring (bicyclic) bond motifs is 2. The molecule has 0 radical (unpaired) electrons. The number of ketones is 1. The maximum Gasteiger partial charge on any atom is 0.246 e. The van der Waals surface area contributed by atoms with E-state index in [0.717, 1.165) is 27.4 Å². The molecule has 3 aromatic heterocycles. The van der Waals surface area contributed by atoms with E-state index in [1.54, 1.807) is 40.6 Å². The van der Waals surface area contributed by atoms with Gasteiger partial charge in [0.25, 0.3) is 0 Å². The number of Topliss-reactive ketones (excluding diaryl/α,β-unsaturated/α-hetero) is 1. The van der Waals surface area contributed by atoms with Gasteiger partial charge in [-0.2, -0.15) is 14.5 Å². The molecule has 12 heteroatoms. The van der Waals surface area contributed by atoms with Crippen LogP contribution in [0.3, 0.4) is 0 Å². The van der Waals surface area contributed by atoms with Crippen molar-refractivity contribution in [1.82, 2.24) is 28.9 Å². The summed E-state index contributed by atoms with van der Waals surface area (Å²) in [4.78, 5) is 20.5. The van der Waals surface area contributed by atoms with Gasteiger partial charge in [0.05, 0.1) is 29.2 Å². The highest BCUT2D eigenvalue weighted by molar-refractivity contribution is 7.89. The number of aryl methyl sites for hydroxylation is 1. The number of rotatable bonds is 7. The molecule has 0 bridgehead atoms. The number of nitrogens with zero attached hydrogens (tertiary/aromatic N) is 6. The van der Waals surface area contributed by atoms with Crippen molar-refractivity contribution < 1.29 is 17.6 Å². The predicted molar refractivity (Wildman–Crippen MR) is 168 cm³/mol. The van der Waals surface area contributed by atoms with Crippen LogP contribution < -0.4 is 0 Å². The van der Waals surface area contributed by atoms with Gasteiger partial charge in [0.15, 0.2) is 5.01 Å². The quantitative estimate of drug-likeness (QED) is 0.232. The highest BCUT2D eigenvalue weighted by Crippen LogP contribution is 2.52. The zero-order valence-corrected chi connectivity index (χ0v) is 27.4. The van der Waals surface area contributed by atoms with Gasteiger partial charge in [-0.25, -0.2) is 22.5 Å². The van der Waals surface area contributed by atoms with Crippen molar-refractivity contribution in [2.75, 3.05) is 0 Å². The smallest absolute Gasteiger partial charge is 0.246 e. The molecule has 0 amide bonds. The molecule has 0 N–H and O–H groups in total. The second-order valence-corrected chi connectivity index (χ2v) is 16.0. The Morgan fingerprint density at radius 3 is 2.48 bits per heavy atom. The van der Waals surface area contributed by atoms with Crippen LogP contribution in [0.15, 0.2) is 59.5 Å². The van der Waals surface area contributed by atoms with Crippen LogP contribution in [0.5, 0.6) is 0 Å². The highest BCUT2D eigenvalue weighted by Gasteiger charge is 2.52. The second-order valence-electron chi connectivity index (χ2n) is 13.2. The van der Waals surface area contributed by atoms with Gasteiger partial charge >= 0.3 is 0 Å². The van der Waals surface area contributed by atoms with Crippen molar-refractivity contribution in [2.24, 2.45) is 12.5 Å². The number of carbonyl (C=O) groups is 1. The minimum Gasteiger partial charge on any atom is -0.290 e. The molecular formula is C32H37FN6O3S2. The number of thiazole rings is 1. The summed E-state index contributed by atoms with van der Waals surface area (Å²) in [5.41, 5.74) is 2.25. The molecule has 2 aliphatic rings. The molecule has 3 heterocycles. The summed E-state index contributed by atoms with van der Waals surface area (Å²) in [6.45, 7) is 10.0. The van der Waals surface area contributed by atoms with Gasteiger partial charge in [0, 0.05) is 36.4 Å². The minimum atomic E-state index is -3.89. The SMILES string of the molecule is CC(C)N([C@H]1CCC2=Cc3c(cnn3-c3ccc(F)cc3)C[C@]2(C(=O)c2ncc(C(C)(C)C)s2)C1)S(=O)(=O)c1cnn(C)c1. The molecule has 0 saturated heterocycles. The lowest BCUT2D eigenvalue weighted by atomic mass is 9.61. The lowest BCUT2D eigenvalue weighted by molar-refractivity contribution is 0.0727. The van der Waals surface area contributed by atoms with E-state index in [0.29, 0.717) is 30.7 Å². The Morgan fingerprint density at radius 1 is 1.14 bits per heavy atom. The molecule has 4 aromatic rings. The van der Waals surface area contributed by atoms with Gasteiger partial charge in [-0.05, 0) is 80.9 Å². The summed E-state index contributed by atoms with van der Waals surface area (Å²) in [5.74, 6) is -0.415. The first-order valence-corrected chi connectivity index (χ1v) is 17.0. The molecular weight excluding hydrogens is 600 g/mol. The van der Waals surface area contributed by atoms with Crippen LogP contribution in [0.4, 0.5) is 4.39 Å². The highest BCUT2D eigenvalue weighted by atomic mass is 32.2. The third kappa shape index (κ3) is 5.16. The van der Waals surface area contributed by atoms with Crippen molar-refractivity contribution in [1.29, 1.82) is 0 Å². The third-order valence-electron chi connectivity index (χ3n) is 8.71. The second kappa shape index (κ2) is 10.8. The van der Waals surface area contributed by atoms with Crippen LogP contribution in [0.25, 0.3) is 11.8 Å². The van der Waals surface area contributed by atoms with E-state index in [1.807, 2.05) is 19.9 Å². The van der Waals surface area contributed by atoms with E-state index < -0.39 is 21.5 Å². The van der Waals surface area contributed by atoms with Gasteiger partial charge in [-0.3, -0.25) is 9.48 Å². The van der Waals surface area contributed by atoms with E-state index in [9.17, 15) is 17.6 Å². The Bertz CT molecular complexity index is 1860. The van der Waals surface area contributed by atoms with Crippen LogP contribution in [-0.2, 0) is 28.9 Å². The van der Waals surface area contributed by atoms with Crippen LogP contribution >= 0.6 is 11.3 Å². The van der Waals surface area contributed by atoms with Gasteiger partial charge in [-0.15, -0.1) is 11.3 Å². The Kier molecular flexibility index (Phi) is 7.53. The van der Waals surface area contributed by atoms with Gasteiger partial charge < -0.3 is 0 Å². The summed E-state index contributed by atoms with van der Waals surface area (Å²) >= 11 is 1.41. The van der Waals surface area contributed by atoms with Crippen LogP contribution in [0.1, 0.15) is 79.8 Å². The fraction of sp³-hybridized carbons (Fsp3) is 0.438. The van der Waals surface area contributed by atoms with Gasteiger partial charge in [0.1, 0.15) is 10.7 Å². The maximum atomic E-state index is 14.7. The van der Waals surface area contributed by atoms with Crippen molar-refractivity contribution in [3.8, 4) is 5.69 Å². The van der Waals surface area contributed by atoms with Crippen molar-refractivity contribution in [3.63, 3.8) is 0 Å². The van der Waals surface area contributed by atoms with Crippen LogP contribution in [0, 0.1) is 11.2 Å². The Morgan fingerprint density at radius 2 is 1.86 bits per heavy atom. The summed E-state index contributed by atoms with van der Waals surface area (Å²) in [5, 5.41) is 9.17. The lowest BCUT2D eigenvalue weighted by Crippen LogP contribution is -2.52. The number of sulfonamides is 1. The Balaban J connectivity index is 1.45. The molecule has 0 aliphatic heterocycles. The number of halogens is 1. The van der Waals surface area contributed by atoms with E-state index >= 15 is 0 Å². The van der Waals surface area contributed by atoms with Crippen LogP contribution in [0.2, 0.25) is 0 Å². The molecule has 232 valence electrons. The fourth-order valence-corrected chi connectivity index (χ4v) is 9.42. The summed E-state index contributed by atoms with van der Waals surface area (Å²) in [6, 6.07) is 5.40. The number of allylic oxidation sites excluding steroid dienone is 1. The van der Waals surface area contributed by atoms with Gasteiger partial charge in [-0.1, -0.05) is 26.3 Å². The van der Waals surface area contributed by atoms with Crippen molar-refractivity contribution >= 4 is 33.2 Å². The topological polar surface area (TPSA) is 103 Å². The molecule has 9 nitrogen and oxygen atoms in total. The summed E-state index contributed by atoms with van der Waals surface area (Å²) in [6.07, 6.45) is 10.3. The zero-order valence-electron chi connectivity index (χ0n) is 25.8. The number of hydrogen-bond donors (Lipinski definition) is 0. The normalized spacial score (nSPS) is 20.5. The zero-order chi connectivity index (χ0) is 31.6. The molecule has 2 aliphatic carbocycles. The fourth-order valence-electron chi connectivity index (χ4n) is 6.57. The largest absolute Gasteiger partial charge is 0.290 e. The molecule has 2 atom stereocenters. The first-order valence-electron chi connectivity index (χ1n) is 14.8. The van der Waals surface area contributed by atoms with E-state index in [-0.39, 0.29) is 28.0 Å². The van der Waals surface area contributed by atoms with Crippen molar-refractivity contribution in [2.45, 2.75) is 82.7 Å². The predicted octanol–water partition coefficient (Wildman–Crippen LogP) is 5.96. The van der Waals surface area contributed by atoms with E-state index in [2.05, 4.69) is 36.0 Å². The number of benzene rings is 1. The van der Waals surface area contributed by atoms with Crippen molar-refractivity contribution in [3.05, 3.63) is 81.6 Å². The number of hydrogen-bond acceptors (Lipinski definition) is 7. The first kappa shape index (κ1) is 30.5. The Labute approximate surface area is 261 Å². The molecule has 0 unspecified atom stereocenters. The monoisotopic (exact) mass is 636 g/mol. The summed E-state index contributed by atoms with van der Waals surface area (Å²) in [7, 11) is -2.20. The molecule has 44 heavy (non-hydrogen) atoms. The Hall–Kier alpha value is -3.48. The standard InChI is InChI=1S/C32H37FN6O3S2/c1-20(2)39(44(41,42)26-17-35-37(6)19-26)25-10-7-22-13-27-21(16-36-38(27)24-11-8-23(33)9-12-24)14-32(22,15-25)29(40)30-34-18-28(43-30)31(3,4)5/h8-9,11-13,16-20,25H,7,10,14-15H2,1-6H3/t25-,32-/m0/s1. The molecule has 1 fully saturated rings. The number of aromatic nitrogens is 5. The van der Waals surface area contributed by atoms with E-state index in [4.69, 9.17) is 0 Å². The third-order valence-corrected chi connectivity index (χ3v) is 12.2. The molecule has 1 aromatic carbocycles. The minimum absolute atomic E-state index is 0.0865. The first-order chi connectivity index (χ1) is 20.7. The lowest BCUT2D eigenvalue weighted by Gasteiger charge is -2.47. The van der Waals surface area contributed by atoms with E-state index in [1.165, 1.54) is 40.5 Å². The molecule has 6 rings (SSSR count). The molecule has 0 spiro atoms. The average Bonchev–Trinajstić information content (AvgIpc) is 3.71. The molecule has 1 saturated carbocycles. The van der Waals surface area contributed by atoms with Crippen LogP contribution in [-0.4, -0.2) is 55.1 Å². The summed E-state index contributed by atoms with van der Waals surface area (Å²) < 4.78 is 46.5.